The molecule has 1 amide bonds. The molecule has 2 aromatic carbocycles. The Balaban J connectivity index is 1.72. The van der Waals surface area contributed by atoms with Crippen LogP contribution in [0.4, 0.5) is 5.82 Å². The molecule has 0 bridgehead atoms. The fourth-order valence-corrected chi connectivity index (χ4v) is 2.35. The first-order valence-corrected chi connectivity index (χ1v) is 8.04. The average molecular weight is 358 g/mol. The number of nitrogens with one attached hydrogen (secondary N) is 1. The third-order valence-electron chi connectivity index (χ3n) is 3.56. The van der Waals surface area contributed by atoms with Crippen molar-refractivity contribution in [2.24, 2.45) is 0 Å². The maximum Gasteiger partial charge on any atom is 0.266 e. The van der Waals surface area contributed by atoms with Crippen molar-refractivity contribution in [3.63, 3.8) is 0 Å². The van der Waals surface area contributed by atoms with Crippen LogP contribution in [0.5, 0.6) is 5.75 Å². The van der Waals surface area contributed by atoms with Crippen LogP contribution in [-0.4, -0.2) is 22.3 Å². The van der Waals surface area contributed by atoms with Crippen molar-refractivity contribution in [3.8, 4) is 17.0 Å². The zero-order chi connectivity index (χ0) is 17.8. The molecule has 0 aliphatic rings. The maximum atomic E-state index is 12.4. The van der Waals surface area contributed by atoms with E-state index in [1.165, 1.54) is 0 Å². The molecule has 1 atom stereocenters. The van der Waals surface area contributed by atoms with Gasteiger partial charge < -0.3 is 10.1 Å². The van der Waals surface area contributed by atoms with Crippen LogP contribution in [0.1, 0.15) is 12.5 Å². The fourth-order valence-electron chi connectivity index (χ4n) is 2.17. The minimum absolute atomic E-state index is 0.239. The Morgan fingerprint density at radius 3 is 2.60 bits per heavy atom. The quantitative estimate of drug-likeness (QED) is 0.743. The van der Waals surface area contributed by atoms with Crippen LogP contribution < -0.4 is 10.1 Å². The van der Waals surface area contributed by atoms with Gasteiger partial charge in [-0.25, -0.2) is 4.63 Å². The molecule has 0 fully saturated rings. The highest BCUT2D eigenvalue weighted by atomic mass is 35.5. The summed E-state index contributed by atoms with van der Waals surface area (Å²) in [5, 5.41) is 10.7. The molecule has 0 radical (unpaired) electrons. The monoisotopic (exact) mass is 357 g/mol. The molecule has 0 spiro atoms. The average Bonchev–Trinajstić information content (AvgIpc) is 3.05. The predicted molar refractivity (Wildman–Crippen MR) is 94.6 cm³/mol. The number of benzene rings is 2. The molecule has 1 heterocycles. The molecule has 3 aromatic rings. The van der Waals surface area contributed by atoms with E-state index in [1.54, 1.807) is 31.2 Å². The van der Waals surface area contributed by atoms with E-state index in [-0.39, 0.29) is 11.7 Å². The number of amides is 1. The van der Waals surface area contributed by atoms with Gasteiger partial charge in [0.05, 0.1) is 5.02 Å². The number of ether oxygens (including phenoxy) is 1. The van der Waals surface area contributed by atoms with Crippen molar-refractivity contribution < 1.29 is 14.2 Å². The van der Waals surface area contributed by atoms with Crippen LogP contribution in [0.2, 0.25) is 5.02 Å². The van der Waals surface area contributed by atoms with Gasteiger partial charge in [-0.1, -0.05) is 53.6 Å². The topological polar surface area (TPSA) is 77.3 Å². The molecular formula is C18H16ClN3O3. The highest BCUT2D eigenvalue weighted by Crippen LogP contribution is 2.26. The van der Waals surface area contributed by atoms with Crippen molar-refractivity contribution in [2.75, 3.05) is 5.32 Å². The molecule has 0 unspecified atom stereocenters. The molecule has 7 heteroatoms. The summed E-state index contributed by atoms with van der Waals surface area (Å²) in [5.41, 5.74) is 2.37. The second-order valence-corrected chi connectivity index (χ2v) is 5.91. The third kappa shape index (κ3) is 3.97. The summed E-state index contributed by atoms with van der Waals surface area (Å²) in [6.45, 7) is 3.61. The second-order valence-electron chi connectivity index (χ2n) is 5.51. The van der Waals surface area contributed by atoms with Crippen molar-refractivity contribution in [1.29, 1.82) is 0 Å². The lowest BCUT2D eigenvalue weighted by atomic mass is 10.1. The van der Waals surface area contributed by atoms with Crippen LogP contribution in [0.25, 0.3) is 11.3 Å². The zero-order valence-electron chi connectivity index (χ0n) is 13.7. The van der Waals surface area contributed by atoms with Gasteiger partial charge in [-0.05, 0) is 36.3 Å². The lowest BCUT2D eigenvalue weighted by Gasteiger charge is -2.14. The van der Waals surface area contributed by atoms with E-state index in [1.807, 2.05) is 31.2 Å². The molecule has 1 N–H and O–H groups in total. The normalized spacial score (nSPS) is 11.8. The van der Waals surface area contributed by atoms with Crippen molar-refractivity contribution in [1.82, 2.24) is 10.3 Å². The number of rotatable bonds is 5. The Labute approximate surface area is 149 Å². The molecule has 3 rings (SSSR count). The molecule has 0 aliphatic carbocycles. The first-order chi connectivity index (χ1) is 12.0. The molecular weight excluding hydrogens is 342 g/mol. The largest absolute Gasteiger partial charge is 0.479 e. The Kier molecular flexibility index (Phi) is 5.00. The van der Waals surface area contributed by atoms with E-state index >= 15 is 0 Å². The van der Waals surface area contributed by atoms with Gasteiger partial charge in [-0.3, -0.25) is 4.79 Å². The van der Waals surface area contributed by atoms with Crippen molar-refractivity contribution >= 4 is 23.3 Å². The first kappa shape index (κ1) is 17.0. The summed E-state index contributed by atoms with van der Waals surface area (Å²) < 4.78 is 10.4. The number of anilines is 1. The van der Waals surface area contributed by atoms with Crippen molar-refractivity contribution in [3.05, 3.63) is 59.1 Å². The van der Waals surface area contributed by atoms with Gasteiger partial charge in [-0.2, -0.15) is 0 Å². The number of aryl methyl sites for hydroxylation is 1. The summed E-state index contributed by atoms with van der Waals surface area (Å²) in [4.78, 5) is 12.4. The standard InChI is InChI=1S/C18H16ClN3O3/c1-11-7-9-13(10-8-11)16-17(22-25-21-16)20-18(23)12(2)24-15-6-4-3-5-14(15)19/h3-10,12H,1-2H3,(H,20,22,23)/t12-/m1/s1. The van der Waals surface area contributed by atoms with Gasteiger partial charge >= 0.3 is 0 Å². The Morgan fingerprint density at radius 2 is 1.88 bits per heavy atom. The third-order valence-corrected chi connectivity index (χ3v) is 3.88. The molecule has 0 saturated carbocycles. The van der Waals surface area contributed by atoms with Crippen LogP contribution >= 0.6 is 11.6 Å². The lowest BCUT2D eigenvalue weighted by molar-refractivity contribution is -0.122. The van der Waals surface area contributed by atoms with Gasteiger partial charge in [0.1, 0.15) is 5.75 Å². The number of halogens is 1. The highest BCUT2D eigenvalue weighted by molar-refractivity contribution is 6.32. The highest BCUT2D eigenvalue weighted by Gasteiger charge is 2.20. The second kappa shape index (κ2) is 7.36. The fraction of sp³-hybridized carbons (Fsp3) is 0.167. The van der Waals surface area contributed by atoms with Crippen molar-refractivity contribution in [2.45, 2.75) is 20.0 Å². The summed E-state index contributed by atoms with van der Waals surface area (Å²) in [5.74, 6) is 0.288. The van der Waals surface area contributed by atoms with Gasteiger partial charge in [-0.15, -0.1) is 0 Å². The van der Waals surface area contributed by atoms with E-state index in [2.05, 4.69) is 15.6 Å². The van der Waals surface area contributed by atoms with Crippen LogP contribution in [0, 0.1) is 6.92 Å². The molecule has 6 nitrogen and oxygen atoms in total. The number of para-hydroxylation sites is 1. The van der Waals surface area contributed by atoms with Gasteiger partial charge in [0.15, 0.2) is 11.8 Å². The van der Waals surface area contributed by atoms with Gasteiger partial charge in [0.2, 0.25) is 5.82 Å². The minimum Gasteiger partial charge on any atom is -0.479 e. The summed E-state index contributed by atoms with van der Waals surface area (Å²) in [6, 6.07) is 14.6. The molecule has 25 heavy (non-hydrogen) atoms. The van der Waals surface area contributed by atoms with Crippen LogP contribution in [0.3, 0.4) is 0 Å². The van der Waals surface area contributed by atoms with E-state index in [0.29, 0.717) is 16.5 Å². The predicted octanol–water partition coefficient (Wildman–Crippen LogP) is 4.10. The number of aromatic nitrogens is 2. The molecule has 0 saturated heterocycles. The van der Waals surface area contributed by atoms with E-state index < -0.39 is 6.10 Å². The number of nitrogens with zero attached hydrogens (tertiary/aromatic N) is 2. The zero-order valence-corrected chi connectivity index (χ0v) is 14.4. The summed E-state index contributed by atoms with van der Waals surface area (Å²) in [7, 11) is 0. The number of hydrogen-bond donors (Lipinski definition) is 1. The molecule has 128 valence electrons. The Hall–Kier alpha value is -2.86. The van der Waals surface area contributed by atoms with E-state index in [0.717, 1.165) is 11.1 Å². The number of hydrogen-bond acceptors (Lipinski definition) is 5. The molecule has 1 aromatic heterocycles. The summed E-state index contributed by atoms with van der Waals surface area (Å²) in [6.07, 6.45) is -0.775. The first-order valence-electron chi connectivity index (χ1n) is 7.66. The summed E-state index contributed by atoms with van der Waals surface area (Å²) >= 11 is 6.04. The maximum absolute atomic E-state index is 12.4. The Morgan fingerprint density at radius 1 is 1.16 bits per heavy atom. The van der Waals surface area contributed by atoms with Gasteiger partial charge in [0, 0.05) is 5.56 Å². The van der Waals surface area contributed by atoms with Gasteiger partial charge in [0.25, 0.3) is 5.91 Å². The van der Waals surface area contributed by atoms with Crippen LogP contribution in [0.15, 0.2) is 53.2 Å². The van der Waals surface area contributed by atoms with Crippen LogP contribution in [-0.2, 0) is 4.79 Å². The van der Waals surface area contributed by atoms with E-state index in [4.69, 9.17) is 21.0 Å². The lowest BCUT2D eigenvalue weighted by Crippen LogP contribution is -2.30. The molecule has 0 aliphatic heterocycles. The van der Waals surface area contributed by atoms with E-state index in [9.17, 15) is 4.79 Å². The SMILES string of the molecule is Cc1ccc(-c2nonc2NC(=O)[C@@H](C)Oc2ccccc2Cl)cc1. The number of carbonyl (C=O) groups is 1. The number of carbonyl (C=O) groups excluding carboxylic acids is 1. The minimum atomic E-state index is -0.775. The Bertz CT molecular complexity index is 877. The smallest absolute Gasteiger partial charge is 0.266 e.